The third-order valence-electron chi connectivity index (χ3n) is 6.85. The van der Waals surface area contributed by atoms with Gasteiger partial charge in [0.25, 0.3) is 5.91 Å². The van der Waals surface area contributed by atoms with Gasteiger partial charge in [0.2, 0.25) is 0 Å². The Hall–Kier alpha value is -4.46. The van der Waals surface area contributed by atoms with Crippen molar-refractivity contribution in [3.63, 3.8) is 0 Å². The van der Waals surface area contributed by atoms with Gasteiger partial charge in [-0.1, -0.05) is 19.1 Å². The average molecular weight is 600 g/mol. The normalized spacial score (nSPS) is 15.8. The van der Waals surface area contributed by atoms with Crippen molar-refractivity contribution in [3.8, 4) is 0 Å². The predicted octanol–water partition coefficient (Wildman–Crippen LogP) is 4.89. The van der Waals surface area contributed by atoms with Crippen molar-refractivity contribution in [1.82, 2.24) is 19.9 Å². The molecule has 6 N–H and O–H groups in total. The number of hydrogen-bond donors (Lipinski definition) is 4. The van der Waals surface area contributed by atoms with Crippen LogP contribution in [0.1, 0.15) is 23.6 Å². The minimum atomic E-state index is -4.97. The highest BCUT2D eigenvalue weighted by atomic mass is 19.4. The summed E-state index contributed by atoms with van der Waals surface area (Å²) in [6.45, 7) is 2.41. The first-order valence-corrected chi connectivity index (χ1v) is 13.3. The summed E-state index contributed by atoms with van der Waals surface area (Å²) < 4.78 is 61.0. The van der Waals surface area contributed by atoms with Crippen LogP contribution in [0.5, 0.6) is 0 Å². The number of H-pyrrole nitrogens is 1. The maximum atomic E-state index is 14.9. The highest BCUT2D eigenvalue weighted by Gasteiger charge is 2.36. The molecule has 1 aromatic carbocycles. The number of hydrogen-bond acceptors (Lipinski definition) is 7. The Morgan fingerprint density at radius 1 is 1.28 bits per heavy atom. The topological polar surface area (TPSA) is 126 Å². The first-order valence-electron chi connectivity index (χ1n) is 13.3. The monoisotopic (exact) mass is 599 g/mol. The minimum absolute atomic E-state index is 0.116. The molecule has 4 rings (SSSR count). The largest absolute Gasteiger partial charge is 0.419 e. The predicted molar refractivity (Wildman–Crippen MR) is 157 cm³/mol. The molecule has 1 aliphatic rings. The summed E-state index contributed by atoms with van der Waals surface area (Å²) in [7, 11) is 3.11. The number of aromatic nitrogens is 2. The quantitative estimate of drug-likeness (QED) is 0.149. The van der Waals surface area contributed by atoms with E-state index in [2.05, 4.69) is 15.3 Å². The number of carbonyl (C=O) groups is 1. The highest BCUT2D eigenvalue weighted by Crippen LogP contribution is 2.35. The van der Waals surface area contributed by atoms with Crippen LogP contribution in [0.4, 0.5) is 23.2 Å². The second-order valence-electron chi connectivity index (χ2n) is 10.2. The first-order chi connectivity index (χ1) is 20.4. The molecule has 1 unspecified atom stereocenters. The van der Waals surface area contributed by atoms with Gasteiger partial charge < -0.3 is 20.8 Å². The fourth-order valence-corrected chi connectivity index (χ4v) is 4.51. The summed E-state index contributed by atoms with van der Waals surface area (Å²) in [5.74, 6) is 4.00. The molecule has 2 aromatic heterocycles. The molecule has 228 valence electrons. The molecule has 1 amide bonds. The Morgan fingerprint density at radius 3 is 2.77 bits per heavy atom. The maximum Gasteiger partial charge on any atom is 0.419 e. The highest BCUT2D eigenvalue weighted by molar-refractivity contribution is 6.06. The number of rotatable bonds is 10. The van der Waals surface area contributed by atoms with Gasteiger partial charge in [-0.05, 0) is 43.5 Å². The fourth-order valence-electron chi connectivity index (χ4n) is 4.51. The molecule has 43 heavy (non-hydrogen) atoms. The van der Waals surface area contributed by atoms with E-state index in [9.17, 15) is 22.4 Å². The smallest absolute Gasteiger partial charge is 0.397 e. The number of nitrogens with zero attached hydrogens (tertiary/aromatic N) is 3. The van der Waals surface area contributed by atoms with E-state index in [1.54, 1.807) is 36.5 Å². The Labute approximate surface area is 246 Å². The van der Waals surface area contributed by atoms with E-state index in [4.69, 9.17) is 16.3 Å². The van der Waals surface area contributed by atoms with Crippen molar-refractivity contribution in [3.05, 3.63) is 101 Å². The molecular weight excluding hydrogens is 566 g/mol. The van der Waals surface area contributed by atoms with Gasteiger partial charge in [-0.2, -0.15) is 13.2 Å². The second-order valence-corrected chi connectivity index (χ2v) is 10.2. The number of amides is 1. The van der Waals surface area contributed by atoms with E-state index >= 15 is 0 Å². The van der Waals surface area contributed by atoms with Crippen LogP contribution in [0.2, 0.25) is 0 Å². The molecule has 9 nitrogen and oxygen atoms in total. The number of alkyl halides is 3. The zero-order valence-electron chi connectivity index (χ0n) is 23.9. The summed E-state index contributed by atoms with van der Waals surface area (Å²) >= 11 is 0. The Morgan fingerprint density at radius 2 is 2.05 bits per heavy atom. The standard InChI is InChI=1S/C30H33F4N7O2/c1-18-5-4-6-20(13-26(18)41(36)17-25(35)21-11-19-7-8-37-28(19)38-15-21)29(42)39-23-12-22(16-40(2)9-10-43-3)27(31)24(14-23)30(32,33)34/h4-8,11-15,17-18H,9-10,16,35-36H2,1-3H3,(H,37,38)(H,39,42)/b25-17-. The van der Waals surface area contributed by atoms with Crippen LogP contribution in [0.15, 0.2) is 78.4 Å². The van der Waals surface area contributed by atoms with Gasteiger partial charge in [0.1, 0.15) is 11.5 Å². The number of anilines is 1. The number of nitrogens with one attached hydrogen (secondary N) is 2. The molecule has 13 heteroatoms. The average Bonchev–Trinajstić information content (AvgIpc) is 3.33. The number of pyridine rings is 1. The third kappa shape index (κ3) is 7.69. The van der Waals surface area contributed by atoms with E-state index in [0.29, 0.717) is 41.8 Å². The Kier molecular flexibility index (Phi) is 9.69. The SMILES string of the molecule is COCCN(C)Cc1cc(NC(=O)C2=CC=CC(C)C(N(N)/C=C(\N)c3cnc4[nH]ccc4c3)=C2)cc(C(F)(F)F)c1F. The fraction of sp³-hybridized carbons (Fsp3) is 0.267. The number of allylic oxidation sites excluding steroid dienone is 3. The summed E-state index contributed by atoms with van der Waals surface area (Å²) in [5.41, 5.74) is 6.68. The van der Waals surface area contributed by atoms with E-state index < -0.39 is 23.5 Å². The number of halogens is 4. The molecule has 0 radical (unpaired) electrons. The molecule has 0 saturated carbocycles. The molecular formula is C30H33F4N7O2. The van der Waals surface area contributed by atoms with Crippen molar-refractivity contribution >= 4 is 28.3 Å². The van der Waals surface area contributed by atoms with Gasteiger partial charge in [-0.15, -0.1) is 0 Å². The van der Waals surface area contributed by atoms with Crippen molar-refractivity contribution < 1.29 is 27.1 Å². The van der Waals surface area contributed by atoms with Crippen LogP contribution >= 0.6 is 0 Å². The second kappa shape index (κ2) is 13.2. The van der Waals surface area contributed by atoms with Crippen LogP contribution in [0.25, 0.3) is 16.7 Å². The molecule has 0 spiro atoms. The number of ether oxygens (including phenoxy) is 1. The maximum absolute atomic E-state index is 14.9. The lowest BCUT2D eigenvalue weighted by Crippen LogP contribution is -2.29. The zero-order valence-corrected chi connectivity index (χ0v) is 23.9. The van der Waals surface area contributed by atoms with Gasteiger partial charge in [-0.3, -0.25) is 14.7 Å². The number of hydrazine groups is 1. The number of likely N-dealkylation sites (N-methyl/N-ethyl adjacent to an activating group) is 1. The van der Waals surface area contributed by atoms with Gasteiger partial charge in [0, 0.05) is 78.2 Å². The summed E-state index contributed by atoms with van der Waals surface area (Å²) in [6.07, 6.45) is 6.37. The Bertz CT molecular complexity index is 1610. The van der Waals surface area contributed by atoms with Gasteiger partial charge in [-0.25, -0.2) is 15.2 Å². The lowest BCUT2D eigenvalue weighted by atomic mass is 10.1. The lowest BCUT2D eigenvalue weighted by molar-refractivity contribution is -0.140. The number of aromatic amines is 1. The Balaban J connectivity index is 1.59. The van der Waals surface area contributed by atoms with Crippen LogP contribution in [0.3, 0.4) is 0 Å². The molecule has 0 saturated heterocycles. The molecule has 0 bridgehead atoms. The third-order valence-corrected chi connectivity index (χ3v) is 6.85. The van der Waals surface area contributed by atoms with Crippen molar-refractivity contribution in [2.24, 2.45) is 17.5 Å². The van der Waals surface area contributed by atoms with E-state index in [1.807, 2.05) is 19.1 Å². The van der Waals surface area contributed by atoms with Gasteiger partial charge in [0.05, 0.1) is 17.9 Å². The van der Waals surface area contributed by atoms with Crippen molar-refractivity contribution in [1.29, 1.82) is 0 Å². The number of benzene rings is 1. The van der Waals surface area contributed by atoms with Crippen molar-refractivity contribution in [2.45, 2.75) is 19.6 Å². The molecule has 1 aliphatic carbocycles. The minimum Gasteiger partial charge on any atom is -0.397 e. The molecule has 0 aliphatic heterocycles. The van der Waals surface area contributed by atoms with Crippen LogP contribution < -0.4 is 16.9 Å². The van der Waals surface area contributed by atoms with Crippen LogP contribution in [-0.2, 0) is 22.3 Å². The summed E-state index contributed by atoms with van der Waals surface area (Å²) in [4.78, 5) is 22.2. The molecule has 3 aromatic rings. The van der Waals surface area contributed by atoms with Gasteiger partial charge >= 0.3 is 6.18 Å². The molecule has 2 heterocycles. The summed E-state index contributed by atoms with van der Waals surface area (Å²) in [6, 6.07) is 5.49. The molecule has 1 atom stereocenters. The van der Waals surface area contributed by atoms with E-state index in [-0.39, 0.29) is 29.3 Å². The van der Waals surface area contributed by atoms with Crippen molar-refractivity contribution in [2.75, 3.05) is 32.6 Å². The van der Waals surface area contributed by atoms with Crippen LogP contribution in [-0.4, -0.2) is 53.1 Å². The number of carbonyl (C=O) groups excluding carboxylic acids is 1. The van der Waals surface area contributed by atoms with E-state index in [1.165, 1.54) is 36.5 Å². The number of methoxy groups -OCH3 is 1. The first kappa shape index (κ1) is 31.5. The zero-order chi connectivity index (χ0) is 31.3. The molecule has 0 fully saturated rings. The summed E-state index contributed by atoms with van der Waals surface area (Å²) in [5, 5.41) is 4.63. The number of fused-ring (bicyclic) bond motifs is 1. The van der Waals surface area contributed by atoms with Gasteiger partial charge in [0.15, 0.2) is 0 Å². The van der Waals surface area contributed by atoms with E-state index in [0.717, 1.165) is 5.39 Å². The lowest BCUT2D eigenvalue weighted by Gasteiger charge is -2.22. The number of nitrogens with two attached hydrogens (primary N) is 2. The van der Waals surface area contributed by atoms with Crippen LogP contribution in [0, 0.1) is 11.7 Å².